The van der Waals surface area contributed by atoms with Crippen LogP contribution in [0, 0.1) is 6.92 Å². The zero-order valence-electron chi connectivity index (χ0n) is 11.2. The van der Waals surface area contributed by atoms with Gasteiger partial charge in [-0.05, 0) is 36.8 Å². The first-order valence-electron chi connectivity index (χ1n) is 6.03. The van der Waals surface area contributed by atoms with Gasteiger partial charge < -0.3 is 15.8 Å². The molecule has 3 N–H and O–H groups in total. The van der Waals surface area contributed by atoms with Crippen molar-refractivity contribution in [2.45, 2.75) is 6.92 Å². The molecule has 5 heteroatoms. The van der Waals surface area contributed by atoms with Gasteiger partial charge in [-0.2, -0.15) is 0 Å². The monoisotopic (exact) mass is 306 g/mol. The number of thiocarbonyl (C=S) groups is 1. The minimum absolute atomic E-state index is 0.357. The Labute approximate surface area is 128 Å². The summed E-state index contributed by atoms with van der Waals surface area (Å²) in [6, 6.07) is 11.3. The van der Waals surface area contributed by atoms with Crippen LogP contribution in [0.4, 0.5) is 11.4 Å². The lowest BCUT2D eigenvalue weighted by Gasteiger charge is -2.15. The highest BCUT2D eigenvalue weighted by molar-refractivity contribution is 7.80. The van der Waals surface area contributed by atoms with Crippen molar-refractivity contribution in [3.8, 4) is 5.75 Å². The average molecular weight is 307 g/mol. The van der Waals surface area contributed by atoms with E-state index in [1.807, 2.05) is 37.3 Å². The molecule has 0 saturated heterocycles. The number of rotatable bonds is 4. The highest BCUT2D eigenvalue weighted by Gasteiger charge is 2.09. The molecule has 3 nitrogen and oxygen atoms in total. The normalized spacial score (nSPS) is 10.2. The summed E-state index contributed by atoms with van der Waals surface area (Å²) in [7, 11) is 1.58. The smallest absolute Gasteiger partial charge is 0.137 e. The van der Waals surface area contributed by atoms with Crippen molar-refractivity contribution in [2.75, 3.05) is 12.4 Å². The molecule has 0 aromatic heterocycles. The largest absolute Gasteiger partial charge is 0.495 e. The molecule has 2 rings (SSSR count). The number of anilines is 2. The predicted octanol–water partition coefficient (Wildman–Crippen LogP) is 4.03. The summed E-state index contributed by atoms with van der Waals surface area (Å²) in [4.78, 5) is 0.357. The van der Waals surface area contributed by atoms with E-state index >= 15 is 0 Å². The summed E-state index contributed by atoms with van der Waals surface area (Å²) in [5, 5.41) is 3.85. The molecule has 0 fully saturated rings. The molecule has 104 valence electrons. The zero-order valence-corrected chi connectivity index (χ0v) is 12.8. The van der Waals surface area contributed by atoms with Crippen LogP contribution in [0.15, 0.2) is 36.4 Å². The quantitative estimate of drug-likeness (QED) is 0.837. The second kappa shape index (κ2) is 6.11. The Morgan fingerprint density at radius 1 is 1.30 bits per heavy atom. The number of benzene rings is 2. The summed E-state index contributed by atoms with van der Waals surface area (Å²) in [5.74, 6) is 0.636. The van der Waals surface area contributed by atoms with E-state index in [4.69, 9.17) is 34.3 Å². The molecule has 0 radical (unpaired) electrons. The number of hydrogen-bond donors (Lipinski definition) is 2. The summed E-state index contributed by atoms with van der Waals surface area (Å²) < 4.78 is 5.14. The van der Waals surface area contributed by atoms with Gasteiger partial charge in [0.15, 0.2) is 0 Å². The molecule has 0 aliphatic rings. The Morgan fingerprint density at radius 3 is 2.65 bits per heavy atom. The zero-order chi connectivity index (χ0) is 14.7. The second-order valence-corrected chi connectivity index (χ2v) is 5.18. The fourth-order valence-electron chi connectivity index (χ4n) is 1.93. The third kappa shape index (κ3) is 3.03. The van der Waals surface area contributed by atoms with E-state index < -0.39 is 0 Å². The molecule has 0 atom stereocenters. The van der Waals surface area contributed by atoms with Gasteiger partial charge in [0.1, 0.15) is 10.7 Å². The first kappa shape index (κ1) is 14.6. The lowest BCUT2D eigenvalue weighted by molar-refractivity contribution is 0.415. The van der Waals surface area contributed by atoms with Crippen molar-refractivity contribution >= 4 is 40.2 Å². The van der Waals surface area contributed by atoms with Gasteiger partial charge in [0, 0.05) is 11.3 Å². The molecular formula is C15H15ClN2OS. The predicted molar refractivity (Wildman–Crippen MR) is 88.4 cm³/mol. The van der Waals surface area contributed by atoms with Gasteiger partial charge in [0.05, 0.1) is 17.8 Å². The van der Waals surface area contributed by atoms with Crippen LogP contribution in [0.3, 0.4) is 0 Å². The number of nitrogens with one attached hydrogen (secondary N) is 1. The van der Waals surface area contributed by atoms with E-state index in [9.17, 15) is 0 Å². The lowest BCUT2D eigenvalue weighted by Crippen LogP contribution is -2.12. The topological polar surface area (TPSA) is 47.3 Å². The third-order valence-corrected chi connectivity index (χ3v) is 3.47. The number of halogens is 1. The molecule has 0 saturated carbocycles. The summed E-state index contributed by atoms with van der Waals surface area (Å²) in [5.41, 5.74) is 9.37. The highest BCUT2D eigenvalue weighted by Crippen LogP contribution is 2.30. The third-order valence-electron chi connectivity index (χ3n) is 2.96. The summed E-state index contributed by atoms with van der Waals surface area (Å²) >= 11 is 11.2. The number of para-hydroxylation sites is 1. The highest BCUT2D eigenvalue weighted by atomic mass is 35.5. The van der Waals surface area contributed by atoms with E-state index in [1.54, 1.807) is 13.2 Å². The Bertz CT molecular complexity index is 658. The van der Waals surface area contributed by atoms with Gasteiger partial charge in [0.25, 0.3) is 0 Å². The number of hydrogen-bond acceptors (Lipinski definition) is 3. The van der Waals surface area contributed by atoms with Crippen molar-refractivity contribution in [1.29, 1.82) is 0 Å². The van der Waals surface area contributed by atoms with Crippen LogP contribution in [-0.2, 0) is 0 Å². The van der Waals surface area contributed by atoms with E-state index in [1.165, 1.54) is 0 Å². The number of aryl methyl sites for hydroxylation is 1. The Kier molecular flexibility index (Phi) is 4.47. The number of ether oxygens (including phenoxy) is 1. The summed E-state index contributed by atoms with van der Waals surface area (Å²) in [6.45, 7) is 2.00. The van der Waals surface area contributed by atoms with Crippen molar-refractivity contribution in [3.63, 3.8) is 0 Å². The minimum Gasteiger partial charge on any atom is -0.495 e. The van der Waals surface area contributed by atoms with Crippen molar-refractivity contribution in [1.82, 2.24) is 0 Å². The van der Waals surface area contributed by atoms with Gasteiger partial charge >= 0.3 is 0 Å². The molecule has 2 aromatic rings. The Balaban J connectivity index is 2.39. The molecule has 0 aliphatic heterocycles. The van der Waals surface area contributed by atoms with E-state index in [2.05, 4.69) is 5.32 Å². The second-order valence-electron chi connectivity index (χ2n) is 4.34. The number of methoxy groups -OCH3 is 1. The Hall–Kier alpha value is -1.78. The van der Waals surface area contributed by atoms with Crippen LogP contribution in [-0.4, -0.2) is 12.1 Å². The van der Waals surface area contributed by atoms with Crippen molar-refractivity contribution in [2.24, 2.45) is 5.73 Å². The van der Waals surface area contributed by atoms with Crippen molar-refractivity contribution < 1.29 is 4.74 Å². The van der Waals surface area contributed by atoms with Gasteiger partial charge in [-0.1, -0.05) is 36.0 Å². The van der Waals surface area contributed by atoms with Crippen LogP contribution in [0.25, 0.3) is 0 Å². The van der Waals surface area contributed by atoms with Gasteiger partial charge in [-0.25, -0.2) is 0 Å². The van der Waals surface area contributed by atoms with Crippen LogP contribution in [0.1, 0.15) is 11.1 Å². The molecule has 2 aromatic carbocycles. The minimum atomic E-state index is 0.357. The molecule has 0 aliphatic carbocycles. The van der Waals surface area contributed by atoms with Gasteiger partial charge in [-0.3, -0.25) is 0 Å². The number of nitrogens with two attached hydrogens (primary N) is 1. The average Bonchev–Trinajstić information content (AvgIpc) is 2.41. The van der Waals surface area contributed by atoms with Crippen molar-refractivity contribution in [3.05, 3.63) is 52.5 Å². The van der Waals surface area contributed by atoms with Crippen LogP contribution < -0.4 is 15.8 Å². The SMILES string of the molecule is COc1ccc(Nc2c(C)cccc2C(N)=S)cc1Cl. The maximum atomic E-state index is 6.12. The molecule has 0 heterocycles. The first-order valence-corrected chi connectivity index (χ1v) is 6.81. The lowest BCUT2D eigenvalue weighted by atomic mass is 10.1. The van der Waals surface area contributed by atoms with E-state index in [0.29, 0.717) is 15.8 Å². The van der Waals surface area contributed by atoms with E-state index in [0.717, 1.165) is 22.5 Å². The van der Waals surface area contributed by atoms with Crippen LogP contribution in [0.2, 0.25) is 5.02 Å². The maximum absolute atomic E-state index is 6.12. The Morgan fingerprint density at radius 2 is 2.05 bits per heavy atom. The first-order chi connectivity index (χ1) is 9.52. The fourth-order valence-corrected chi connectivity index (χ4v) is 2.36. The standard InChI is InChI=1S/C15H15ClN2OS/c1-9-4-3-5-11(15(17)20)14(9)18-10-6-7-13(19-2)12(16)8-10/h3-8,18H,1-2H3,(H2,17,20). The van der Waals surface area contributed by atoms with Gasteiger partial charge in [0.2, 0.25) is 0 Å². The molecule has 0 amide bonds. The fraction of sp³-hybridized carbons (Fsp3) is 0.133. The molecule has 0 spiro atoms. The van der Waals surface area contributed by atoms with E-state index in [-0.39, 0.29) is 0 Å². The molecule has 0 unspecified atom stereocenters. The molecule has 20 heavy (non-hydrogen) atoms. The van der Waals surface area contributed by atoms with Gasteiger partial charge in [-0.15, -0.1) is 0 Å². The maximum Gasteiger partial charge on any atom is 0.137 e. The molecule has 0 bridgehead atoms. The van der Waals surface area contributed by atoms with Crippen LogP contribution >= 0.6 is 23.8 Å². The molecular weight excluding hydrogens is 292 g/mol. The van der Waals surface area contributed by atoms with Crippen LogP contribution in [0.5, 0.6) is 5.75 Å². The summed E-state index contributed by atoms with van der Waals surface area (Å²) in [6.07, 6.45) is 0.